The fraction of sp³-hybridized carbons (Fsp3) is 0.444. The van der Waals surface area contributed by atoms with E-state index in [9.17, 15) is 18.0 Å². The SMILES string of the molecule is COC(=O)Cn1c(=NC(=O)c2ccc(S(=O)(=O)N(CC(C)C)CC(C)C)cc2)sc2cc3c(cc21)OCCO3. The Hall–Kier alpha value is -3.22. The van der Waals surface area contributed by atoms with Gasteiger partial charge in [0, 0.05) is 30.8 Å². The van der Waals surface area contributed by atoms with Crippen LogP contribution in [0.2, 0.25) is 0 Å². The van der Waals surface area contributed by atoms with Crippen LogP contribution >= 0.6 is 11.3 Å². The van der Waals surface area contributed by atoms with Gasteiger partial charge in [-0.05, 0) is 36.1 Å². The first-order valence-corrected chi connectivity index (χ1v) is 14.9. The van der Waals surface area contributed by atoms with Crippen LogP contribution in [-0.2, 0) is 26.1 Å². The standard InChI is InChI=1S/C27H33N3O7S2/c1-17(2)14-29(15-18(3)4)39(33,34)20-8-6-19(7-9-20)26(32)28-27-30(16-25(31)35-5)21-12-22-23(13-24(21)38-27)37-11-10-36-22/h6-9,12-13,17-18H,10-11,14-16H2,1-5H3. The number of carbonyl (C=O) groups excluding carboxylic acids is 2. The summed E-state index contributed by atoms with van der Waals surface area (Å²) in [6, 6.07) is 9.34. The summed E-state index contributed by atoms with van der Waals surface area (Å²) in [5.41, 5.74) is 0.874. The first-order valence-electron chi connectivity index (χ1n) is 12.7. The fourth-order valence-corrected chi connectivity index (χ4v) is 7.00. The summed E-state index contributed by atoms with van der Waals surface area (Å²) in [7, 11) is -2.44. The number of esters is 1. The maximum Gasteiger partial charge on any atom is 0.325 e. The summed E-state index contributed by atoms with van der Waals surface area (Å²) in [4.78, 5) is 30.0. The van der Waals surface area contributed by atoms with Crippen molar-refractivity contribution in [3.05, 3.63) is 46.8 Å². The summed E-state index contributed by atoms with van der Waals surface area (Å²) < 4.78 is 46.6. The lowest BCUT2D eigenvalue weighted by atomic mass is 10.2. The molecule has 0 unspecified atom stereocenters. The highest BCUT2D eigenvalue weighted by atomic mass is 32.2. The number of fused-ring (bicyclic) bond motifs is 2. The highest BCUT2D eigenvalue weighted by Gasteiger charge is 2.26. The van der Waals surface area contributed by atoms with Crippen molar-refractivity contribution in [1.29, 1.82) is 0 Å². The van der Waals surface area contributed by atoms with Crippen LogP contribution in [-0.4, -0.2) is 62.6 Å². The molecule has 0 spiro atoms. The zero-order chi connectivity index (χ0) is 28.3. The summed E-state index contributed by atoms with van der Waals surface area (Å²) >= 11 is 1.22. The first kappa shape index (κ1) is 28.8. The molecule has 3 aromatic rings. The van der Waals surface area contributed by atoms with Crippen LogP contribution in [0.5, 0.6) is 11.5 Å². The molecule has 2 heterocycles. The number of rotatable bonds is 9. The number of hydrogen-bond donors (Lipinski definition) is 0. The van der Waals surface area contributed by atoms with Crippen molar-refractivity contribution < 1.29 is 32.2 Å². The molecule has 12 heteroatoms. The molecule has 0 aliphatic carbocycles. The quantitative estimate of drug-likeness (QED) is 0.357. The van der Waals surface area contributed by atoms with Gasteiger partial charge in [-0.1, -0.05) is 39.0 Å². The third-order valence-electron chi connectivity index (χ3n) is 5.94. The van der Waals surface area contributed by atoms with E-state index in [1.165, 1.54) is 47.0 Å². The number of hydrogen-bond acceptors (Lipinski definition) is 8. The van der Waals surface area contributed by atoms with Crippen molar-refractivity contribution in [2.45, 2.75) is 39.1 Å². The predicted molar refractivity (Wildman–Crippen MR) is 148 cm³/mol. The van der Waals surface area contributed by atoms with Gasteiger partial charge in [-0.15, -0.1) is 0 Å². The normalized spacial score (nSPS) is 14.0. The summed E-state index contributed by atoms with van der Waals surface area (Å²) in [6.45, 7) is 9.40. The molecule has 0 fully saturated rings. The van der Waals surface area contributed by atoms with Crippen molar-refractivity contribution >= 4 is 43.5 Å². The number of nitrogens with zero attached hydrogens (tertiary/aromatic N) is 3. The second-order valence-corrected chi connectivity index (χ2v) is 13.0. The Morgan fingerprint density at radius 3 is 2.18 bits per heavy atom. The summed E-state index contributed by atoms with van der Waals surface area (Å²) in [5.74, 6) is 0.394. The van der Waals surface area contributed by atoms with Crippen LogP contribution in [0.15, 0.2) is 46.3 Å². The lowest BCUT2D eigenvalue weighted by Gasteiger charge is -2.25. The number of amides is 1. The molecule has 1 aliphatic rings. The number of aromatic nitrogens is 1. The van der Waals surface area contributed by atoms with Gasteiger partial charge in [0.05, 0.1) is 22.2 Å². The largest absolute Gasteiger partial charge is 0.486 e. The second-order valence-electron chi connectivity index (χ2n) is 10.1. The zero-order valence-electron chi connectivity index (χ0n) is 22.7. The fourth-order valence-electron chi connectivity index (χ4n) is 4.19. The molecule has 39 heavy (non-hydrogen) atoms. The molecule has 4 rings (SSSR count). The minimum Gasteiger partial charge on any atom is -0.486 e. The molecule has 0 saturated carbocycles. The first-order chi connectivity index (χ1) is 18.5. The number of sulfonamides is 1. The van der Waals surface area contributed by atoms with Gasteiger partial charge in [0.15, 0.2) is 16.3 Å². The van der Waals surface area contributed by atoms with E-state index in [4.69, 9.17) is 14.2 Å². The minimum atomic E-state index is -3.73. The van der Waals surface area contributed by atoms with Crippen LogP contribution < -0.4 is 14.3 Å². The third-order valence-corrected chi connectivity index (χ3v) is 8.82. The molecule has 210 valence electrons. The van der Waals surface area contributed by atoms with Crippen molar-refractivity contribution in [2.24, 2.45) is 16.8 Å². The molecule has 2 aromatic carbocycles. The Morgan fingerprint density at radius 2 is 1.62 bits per heavy atom. The Bertz CT molecular complexity index is 1530. The molecule has 0 radical (unpaired) electrons. The molecule has 1 aliphatic heterocycles. The molecule has 0 saturated heterocycles. The van der Waals surface area contributed by atoms with Gasteiger partial charge in [-0.3, -0.25) is 9.59 Å². The van der Waals surface area contributed by atoms with E-state index >= 15 is 0 Å². The molecule has 10 nitrogen and oxygen atoms in total. The Morgan fingerprint density at radius 1 is 1.03 bits per heavy atom. The smallest absolute Gasteiger partial charge is 0.325 e. The molecule has 0 bridgehead atoms. The van der Waals surface area contributed by atoms with Crippen LogP contribution in [0.4, 0.5) is 0 Å². The average Bonchev–Trinajstić information content (AvgIpc) is 3.21. The minimum absolute atomic E-state index is 0.119. The molecular weight excluding hydrogens is 542 g/mol. The zero-order valence-corrected chi connectivity index (χ0v) is 24.3. The lowest BCUT2D eigenvalue weighted by Crippen LogP contribution is -2.37. The van der Waals surface area contributed by atoms with Gasteiger partial charge in [-0.2, -0.15) is 9.30 Å². The maximum absolute atomic E-state index is 13.3. The predicted octanol–water partition coefficient (Wildman–Crippen LogP) is 3.69. The Labute approximate surface area is 231 Å². The van der Waals surface area contributed by atoms with Crippen molar-refractivity contribution in [3.8, 4) is 11.5 Å². The van der Waals surface area contributed by atoms with Gasteiger partial charge >= 0.3 is 5.97 Å². The number of benzene rings is 2. The van der Waals surface area contributed by atoms with Crippen LogP contribution in [0.25, 0.3) is 10.2 Å². The van der Waals surface area contributed by atoms with Crippen LogP contribution in [0, 0.1) is 11.8 Å². The molecule has 0 N–H and O–H groups in total. The van der Waals surface area contributed by atoms with E-state index in [1.54, 1.807) is 16.7 Å². The molecule has 0 atom stereocenters. The number of thiazole rings is 1. The highest BCUT2D eigenvalue weighted by Crippen LogP contribution is 2.35. The van der Waals surface area contributed by atoms with E-state index in [0.29, 0.717) is 48.1 Å². The van der Waals surface area contributed by atoms with Crippen LogP contribution in [0.3, 0.4) is 0 Å². The van der Waals surface area contributed by atoms with E-state index < -0.39 is 21.9 Å². The molecule has 1 aromatic heterocycles. The van der Waals surface area contributed by atoms with Gasteiger partial charge in [0.2, 0.25) is 10.0 Å². The maximum atomic E-state index is 13.3. The van der Waals surface area contributed by atoms with Gasteiger partial charge in [-0.25, -0.2) is 8.42 Å². The lowest BCUT2D eigenvalue weighted by molar-refractivity contribution is -0.141. The Balaban J connectivity index is 1.69. The monoisotopic (exact) mass is 575 g/mol. The highest BCUT2D eigenvalue weighted by molar-refractivity contribution is 7.89. The van der Waals surface area contributed by atoms with E-state index in [-0.39, 0.29) is 28.8 Å². The average molecular weight is 576 g/mol. The number of carbonyl (C=O) groups is 2. The van der Waals surface area contributed by atoms with Crippen LogP contribution in [0.1, 0.15) is 38.1 Å². The van der Waals surface area contributed by atoms with Gasteiger partial charge < -0.3 is 18.8 Å². The van der Waals surface area contributed by atoms with Crippen molar-refractivity contribution in [1.82, 2.24) is 8.87 Å². The number of methoxy groups -OCH3 is 1. The van der Waals surface area contributed by atoms with Gasteiger partial charge in [0.1, 0.15) is 19.8 Å². The van der Waals surface area contributed by atoms with E-state index in [1.807, 2.05) is 27.7 Å². The van der Waals surface area contributed by atoms with Gasteiger partial charge in [0.25, 0.3) is 5.91 Å². The molecule has 1 amide bonds. The van der Waals surface area contributed by atoms with Crippen molar-refractivity contribution in [3.63, 3.8) is 0 Å². The Kier molecular flexibility index (Phi) is 8.77. The topological polar surface area (TPSA) is 117 Å². The molecular formula is C27H33N3O7S2. The summed E-state index contributed by atoms with van der Waals surface area (Å²) in [6.07, 6.45) is 0. The summed E-state index contributed by atoms with van der Waals surface area (Å²) in [5, 5.41) is 0. The van der Waals surface area contributed by atoms with E-state index in [2.05, 4.69) is 4.99 Å². The van der Waals surface area contributed by atoms with E-state index in [0.717, 1.165) is 4.70 Å². The van der Waals surface area contributed by atoms with Crippen molar-refractivity contribution in [2.75, 3.05) is 33.4 Å². The third kappa shape index (κ3) is 6.51. The second kappa shape index (κ2) is 11.9. The number of ether oxygens (including phenoxy) is 3.